The number of benzene rings is 5. The number of hydrogen-bond acceptors (Lipinski definition) is 25. The molecule has 117 heavy (non-hydrogen) atoms. The Balaban J connectivity index is 0.000000129. The molecule has 0 spiro atoms. The molecule has 5 aromatic carbocycles. The van der Waals surface area contributed by atoms with Crippen molar-refractivity contribution < 1.29 is 14.2 Å². The van der Waals surface area contributed by atoms with Crippen LogP contribution in [0.3, 0.4) is 0 Å². The fourth-order valence-corrected chi connectivity index (χ4v) is 19.5. The van der Waals surface area contributed by atoms with Gasteiger partial charge in [-0.2, -0.15) is 4.98 Å². The topological polar surface area (TPSA) is 280 Å². The minimum absolute atomic E-state index is 0.0569. The zero-order valence-electron chi connectivity index (χ0n) is 68.5. The molecule has 17 rings (SSSR count). The first-order valence-corrected chi connectivity index (χ1v) is 43.5. The van der Waals surface area contributed by atoms with Crippen LogP contribution in [0.4, 0.5) is 17.6 Å². The lowest BCUT2D eigenvalue weighted by atomic mass is 9.94. The zero-order chi connectivity index (χ0) is 81.5. The second kappa shape index (κ2) is 40.9. The molecule has 4 unspecified atom stereocenters. The molecule has 6 aromatic rings. The Morgan fingerprint density at radius 1 is 0.479 bits per heavy atom. The van der Waals surface area contributed by atoms with Crippen molar-refractivity contribution in [1.82, 2.24) is 54.4 Å². The van der Waals surface area contributed by atoms with E-state index in [1.165, 1.54) is 65.9 Å². The summed E-state index contributed by atoms with van der Waals surface area (Å²) in [4.78, 5) is 29.1. The maximum absolute atomic E-state index is 6.14. The molecule has 9 N–H and O–H groups in total. The first kappa shape index (κ1) is 85.5. The van der Waals surface area contributed by atoms with Crippen LogP contribution in [0, 0.1) is 0 Å². The van der Waals surface area contributed by atoms with Gasteiger partial charge in [-0.05, 0) is 186 Å². The Morgan fingerprint density at radius 2 is 0.923 bits per heavy atom. The predicted octanol–water partition coefficient (Wildman–Crippen LogP) is 10.8. The number of methoxy groups -OCH3 is 1. The van der Waals surface area contributed by atoms with Gasteiger partial charge in [0.1, 0.15) is 35.0 Å². The van der Waals surface area contributed by atoms with Crippen molar-refractivity contribution in [1.29, 1.82) is 0 Å². The molecular weight excluding hydrogens is 1560 g/mol. The number of aromatic nitrogens is 3. The van der Waals surface area contributed by atoms with Crippen LogP contribution in [0.25, 0.3) is 0 Å². The van der Waals surface area contributed by atoms with E-state index in [2.05, 4.69) is 195 Å². The summed E-state index contributed by atoms with van der Waals surface area (Å²) in [6, 6.07) is 45.5. The van der Waals surface area contributed by atoms with Crippen molar-refractivity contribution in [3.05, 3.63) is 181 Å². The molecule has 0 aliphatic carbocycles. The van der Waals surface area contributed by atoms with Crippen LogP contribution in [0.5, 0.6) is 0 Å². The van der Waals surface area contributed by atoms with Gasteiger partial charge in [0.15, 0.2) is 0 Å². The molecule has 0 saturated carbocycles. The monoisotopic (exact) mass is 1670 g/mol. The summed E-state index contributed by atoms with van der Waals surface area (Å²) < 4.78 is 17.9. The summed E-state index contributed by atoms with van der Waals surface area (Å²) in [5, 5.41) is 34.8. The van der Waals surface area contributed by atoms with Crippen molar-refractivity contribution in [2.24, 2.45) is 47.8 Å². The Hall–Kier alpha value is -7.96. The van der Waals surface area contributed by atoms with Crippen molar-refractivity contribution >= 4 is 99.0 Å². The number of piperidine rings is 4. The number of nitrogens with two attached hydrogens (primary N) is 4. The van der Waals surface area contributed by atoms with Gasteiger partial charge in [-0.1, -0.05) is 120 Å². The molecule has 30 heteroatoms. The lowest BCUT2D eigenvalue weighted by molar-refractivity contribution is -0.101. The molecule has 7 fully saturated rings. The number of morpholine rings is 1. The minimum Gasteiger partial charge on any atom is -0.385 e. The van der Waals surface area contributed by atoms with Crippen molar-refractivity contribution in [3.63, 3.8) is 0 Å². The second-order valence-corrected chi connectivity index (χ2v) is 35.1. The number of nitrogens with one attached hydrogen (secondary N) is 1. The largest absolute Gasteiger partial charge is 0.385 e. The van der Waals surface area contributed by atoms with Gasteiger partial charge in [0, 0.05) is 180 Å². The number of amidine groups is 6. The first-order valence-electron chi connectivity index (χ1n) is 42.0. The smallest absolute Gasteiger partial charge is 0.246 e. The average molecular weight is 1680 g/mol. The highest BCUT2D eigenvalue weighted by atomic mass is 35.5. The molecule has 7 atom stereocenters. The fraction of sp³-hybridized carbons (Fsp3) is 0.540. The summed E-state index contributed by atoms with van der Waals surface area (Å²) in [5.41, 5.74) is 32.3. The predicted molar refractivity (Wildman–Crippen MR) is 476 cm³/mol. The molecule has 12 heterocycles. The van der Waals surface area contributed by atoms with Crippen LogP contribution < -0.4 is 32.7 Å². The molecule has 628 valence electrons. The number of nitrogens with zero attached hydrogens (tertiary/aromatic N) is 18. The second-order valence-electron chi connectivity index (χ2n) is 33.4. The summed E-state index contributed by atoms with van der Waals surface area (Å²) in [6.07, 6.45) is 15.4. The Labute approximate surface area is 710 Å². The van der Waals surface area contributed by atoms with Gasteiger partial charge in [0.25, 0.3) is 0 Å². The Kier molecular flexibility index (Phi) is 29.8. The number of hydrogen-bond donors (Lipinski definition) is 5. The molecule has 11 aliphatic heterocycles. The van der Waals surface area contributed by atoms with E-state index in [0.29, 0.717) is 104 Å². The van der Waals surface area contributed by atoms with E-state index >= 15 is 0 Å². The van der Waals surface area contributed by atoms with Crippen LogP contribution in [0.2, 0.25) is 20.1 Å². The summed E-state index contributed by atoms with van der Waals surface area (Å²) in [7, 11) is 6.26. The van der Waals surface area contributed by atoms with Gasteiger partial charge < -0.3 is 66.5 Å². The standard InChI is InChI=1S/C25H31ClN6.C21H31ClN6.C21H28ClN5O.C20H29ClN6O2/c1-30-17-22(14-18-6-8-20(26)9-7-18)32(16-19-4-2-3-5-23(19)30)21-10-12-31(13-11-21)25-15-24(27)28-29-25;1-26-9-2-10-28(19(15-26)13-16-3-5-17(22)6-4-16)18-7-11-27(12-8-18)21-14-20(23)24-25-21;1-15-12-27(18-6-8-26(9-7-18)21-11-20(23)24-25-21)19(14-28-13-15)10-16-2-4-17(22)5-3-16;1-13-10-27(16(12-29-13)9-14-3-5-15(21)6-4-14)17-7-8-26(11-18(17)28-2)20-23-19(22)24-25-20/h2-9,21-22H,10-17H2,1H3,(H2,27,28);3-6,18-19H,2,7-15H2,1H3,(H2,23,24);2-5,18-19H,1,6-14H2,(H2,23,24);3-6,13,16-18H,7-12H2,1-2H3,(H3,22,23,24,25)/t;;19-;13-,16?,17?,18-/m..00/s1. The van der Waals surface area contributed by atoms with Crippen molar-refractivity contribution in [3.8, 4) is 0 Å². The van der Waals surface area contributed by atoms with Crippen molar-refractivity contribution in [2.75, 3.05) is 148 Å². The molecule has 0 amide bonds. The number of ether oxygens (including phenoxy) is 3. The van der Waals surface area contributed by atoms with Crippen LogP contribution in [-0.2, 0) is 46.4 Å². The third-order valence-electron chi connectivity index (χ3n) is 25.0. The van der Waals surface area contributed by atoms with E-state index in [1.807, 2.05) is 48.5 Å². The molecule has 7 saturated heterocycles. The summed E-state index contributed by atoms with van der Waals surface area (Å²) in [5.74, 6) is 5.92. The van der Waals surface area contributed by atoms with Crippen LogP contribution >= 0.6 is 46.4 Å². The lowest BCUT2D eigenvalue weighted by Gasteiger charge is -2.48. The quantitative estimate of drug-likeness (QED) is 0.0634. The number of nitrogen functional groups attached to an aromatic ring is 1. The number of likely N-dealkylation sites (tertiary alicyclic amines) is 3. The van der Waals surface area contributed by atoms with Crippen molar-refractivity contribution in [2.45, 2.75) is 170 Å². The van der Waals surface area contributed by atoms with E-state index in [1.54, 1.807) is 7.11 Å². The number of H-pyrrole nitrogens is 1. The fourth-order valence-electron chi connectivity index (χ4n) is 18.9. The van der Waals surface area contributed by atoms with Gasteiger partial charge in [0.2, 0.25) is 11.9 Å². The highest BCUT2D eigenvalue weighted by molar-refractivity contribution is 6.31. The van der Waals surface area contributed by atoms with E-state index in [9.17, 15) is 0 Å². The summed E-state index contributed by atoms with van der Waals surface area (Å²) >= 11 is 24.3. The molecule has 26 nitrogen and oxygen atoms in total. The van der Waals surface area contributed by atoms with Gasteiger partial charge in [-0.25, -0.2) is 5.10 Å². The van der Waals surface area contributed by atoms with Gasteiger partial charge in [0.05, 0.1) is 51.3 Å². The average Bonchev–Trinajstić information content (AvgIpc) is 1.75. The molecule has 11 aliphatic rings. The van der Waals surface area contributed by atoms with E-state index in [0.717, 1.165) is 199 Å². The molecule has 0 bridgehead atoms. The number of aromatic amines is 1. The Bertz CT molecular complexity index is 4410. The number of halogens is 4. The number of anilines is 3. The third kappa shape index (κ3) is 23.2. The SMILES string of the molecule is C=C1COC[C@H](Cc2ccc(Cl)cc2)N(C2CCN(C3=NN=C(N)C3)CC2)C1.CN1CC(Cc2ccc(Cl)cc2)N(C2CCN(C3=NN=C(N)C3)CC2)Cc2ccccc21.CN1CCCN(C2CCN(C3=NN=C(N)C3)CC2)C(Cc2ccc(Cl)cc2)C1.CO[C@H]1CN(c2n[nH]c(N)n2)CCC1N1C[C@H](C)OCC1Cc1ccc(Cl)cc1. The molecule has 0 radical (unpaired) electrons. The number of rotatable bonds is 14. The maximum atomic E-state index is 6.14. The van der Waals surface area contributed by atoms with Gasteiger partial charge in [-0.15, -0.1) is 35.7 Å². The lowest BCUT2D eigenvalue weighted by Crippen LogP contribution is -2.62. The van der Waals surface area contributed by atoms with E-state index in [4.69, 9.17) is 83.5 Å². The number of fused-ring (bicyclic) bond motifs is 1. The highest BCUT2D eigenvalue weighted by Gasteiger charge is 2.42. The first-order chi connectivity index (χ1) is 56.8. The highest BCUT2D eigenvalue weighted by Crippen LogP contribution is 2.35. The normalized spacial score (nSPS) is 25.2. The third-order valence-corrected chi connectivity index (χ3v) is 26.0. The maximum Gasteiger partial charge on any atom is 0.246 e. The molecule has 1 aromatic heterocycles. The van der Waals surface area contributed by atoms with E-state index < -0.39 is 0 Å². The van der Waals surface area contributed by atoms with Gasteiger partial charge >= 0.3 is 0 Å². The van der Waals surface area contributed by atoms with Crippen LogP contribution in [0.1, 0.15) is 105 Å². The van der Waals surface area contributed by atoms with E-state index in [-0.39, 0.29) is 12.2 Å². The number of likely N-dealkylation sites (N-methyl/N-ethyl adjacent to an activating group) is 2. The van der Waals surface area contributed by atoms with Gasteiger partial charge in [-0.3, -0.25) is 19.6 Å². The molecular formula is C87H119Cl4N23O3. The zero-order valence-corrected chi connectivity index (χ0v) is 71.5. The van der Waals surface area contributed by atoms with Crippen LogP contribution in [-0.4, -0.2) is 283 Å². The van der Waals surface area contributed by atoms with Crippen LogP contribution in [0.15, 0.2) is 164 Å². The summed E-state index contributed by atoms with van der Waals surface area (Å²) in [6.45, 7) is 23.4. The number of para-hydroxylation sites is 1. The minimum atomic E-state index is 0.0569. The Morgan fingerprint density at radius 3 is 1.38 bits per heavy atom.